The topological polar surface area (TPSA) is 0 Å². The summed E-state index contributed by atoms with van der Waals surface area (Å²) in [7, 11) is 0. The maximum Gasteiger partial charge on any atom is 0.0245 e. The minimum absolute atomic E-state index is 1.05. The van der Waals surface area contributed by atoms with Crippen LogP contribution in [0.2, 0.25) is 0 Å². The van der Waals surface area contributed by atoms with Gasteiger partial charge in [0.1, 0.15) is 0 Å². The summed E-state index contributed by atoms with van der Waals surface area (Å²) >= 11 is 2.12. The van der Waals surface area contributed by atoms with Crippen LogP contribution in [-0.4, -0.2) is 11.5 Å². The highest BCUT2D eigenvalue weighted by molar-refractivity contribution is 7.99. The maximum absolute atomic E-state index is 3.28. The molecule has 0 radical (unpaired) electrons. The summed E-state index contributed by atoms with van der Waals surface area (Å²) in [6.07, 6.45) is 13.5. The van der Waals surface area contributed by atoms with Gasteiger partial charge >= 0.3 is 0 Å². The van der Waals surface area contributed by atoms with Crippen LogP contribution in [-0.2, 0) is 0 Å². The van der Waals surface area contributed by atoms with E-state index >= 15 is 0 Å². The van der Waals surface area contributed by atoms with Crippen molar-refractivity contribution in [3.8, 4) is 11.8 Å². The van der Waals surface area contributed by atoms with Gasteiger partial charge in [0.15, 0.2) is 0 Å². The van der Waals surface area contributed by atoms with E-state index in [1.165, 1.54) is 69.3 Å². The summed E-state index contributed by atoms with van der Waals surface area (Å²) in [6.45, 7) is 2.26. The van der Waals surface area contributed by atoms with Crippen molar-refractivity contribution >= 4 is 11.8 Å². The van der Waals surface area contributed by atoms with Crippen molar-refractivity contribution in [1.29, 1.82) is 0 Å². The molecule has 0 heterocycles. The number of rotatable bonds is 12. The van der Waals surface area contributed by atoms with Gasteiger partial charge in [0, 0.05) is 12.0 Å². The van der Waals surface area contributed by atoms with Gasteiger partial charge in [-0.3, -0.25) is 0 Å². The first-order valence-electron chi connectivity index (χ1n) is 9.05. The summed E-state index contributed by atoms with van der Waals surface area (Å²) in [6, 6.07) is 10.3. The van der Waals surface area contributed by atoms with Crippen LogP contribution in [0.5, 0.6) is 0 Å². The van der Waals surface area contributed by atoms with E-state index in [1.807, 2.05) is 18.2 Å². The molecule has 122 valence electrons. The fraction of sp³-hybridized carbons (Fsp3) is 0.619. The Kier molecular flexibility index (Phi) is 13.1. The summed E-state index contributed by atoms with van der Waals surface area (Å²) in [5.74, 6) is 9.23. The van der Waals surface area contributed by atoms with Gasteiger partial charge in [0.2, 0.25) is 0 Å². The van der Waals surface area contributed by atoms with Crippen LogP contribution >= 0.6 is 11.8 Å². The number of thioether (sulfide) groups is 1. The molecule has 0 fully saturated rings. The molecule has 0 N–H and O–H groups in total. The second-order valence-corrected chi connectivity index (χ2v) is 7.08. The Bertz CT molecular complexity index is 399. The average Bonchev–Trinajstić information content (AvgIpc) is 2.56. The molecule has 1 aromatic rings. The molecule has 0 saturated carbocycles. The molecule has 0 spiro atoms. The summed E-state index contributed by atoms with van der Waals surface area (Å²) in [5.41, 5.74) is 1.14. The van der Waals surface area contributed by atoms with Crippen molar-refractivity contribution in [2.75, 3.05) is 11.5 Å². The second-order valence-electron chi connectivity index (χ2n) is 5.86. The molecule has 1 heteroatoms. The van der Waals surface area contributed by atoms with Gasteiger partial charge in [-0.1, -0.05) is 75.5 Å². The predicted octanol–water partition coefficient (Wildman–Crippen LogP) is 6.69. The van der Waals surface area contributed by atoms with Crippen molar-refractivity contribution in [2.24, 2.45) is 0 Å². The Labute approximate surface area is 142 Å². The zero-order chi connectivity index (χ0) is 15.7. The highest BCUT2D eigenvalue weighted by Gasteiger charge is 1.93. The van der Waals surface area contributed by atoms with E-state index in [4.69, 9.17) is 0 Å². The fourth-order valence-corrected chi connectivity index (χ4v) is 3.31. The van der Waals surface area contributed by atoms with Crippen molar-refractivity contribution in [1.82, 2.24) is 0 Å². The lowest BCUT2D eigenvalue weighted by molar-refractivity contribution is 0.580. The van der Waals surface area contributed by atoms with E-state index in [9.17, 15) is 0 Å². The average molecular weight is 317 g/mol. The SMILES string of the molecule is CCCSCCCCCCCCCCC#Cc1ccccc1. The predicted molar refractivity (Wildman–Crippen MR) is 102 cm³/mol. The van der Waals surface area contributed by atoms with Crippen molar-refractivity contribution in [2.45, 2.75) is 71.1 Å². The number of hydrogen-bond donors (Lipinski definition) is 0. The van der Waals surface area contributed by atoms with E-state index in [1.54, 1.807) is 0 Å². The molecule has 0 atom stereocenters. The van der Waals surface area contributed by atoms with Crippen molar-refractivity contribution < 1.29 is 0 Å². The minimum atomic E-state index is 1.05. The zero-order valence-electron chi connectivity index (χ0n) is 14.3. The molecule has 0 saturated heterocycles. The van der Waals surface area contributed by atoms with Crippen molar-refractivity contribution in [3.05, 3.63) is 35.9 Å². The normalized spacial score (nSPS) is 10.2. The van der Waals surface area contributed by atoms with E-state index in [0.717, 1.165) is 12.0 Å². The quantitative estimate of drug-likeness (QED) is 0.306. The molecule has 0 nitrogen and oxygen atoms in total. The minimum Gasteiger partial charge on any atom is -0.162 e. The van der Waals surface area contributed by atoms with Crippen LogP contribution in [0.25, 0.3) is 0 Å². The van der Waals surface area contributed by atoms with E-state index < -0.39 is 0 Å². The Morgan fingerprint density at radius 2 is 1.41 bits per heavy atom. The van der Waals surface area contributed by atoms with Crippen LogP contribution in [0.3, 0.4) is 0 Å². The smallest absolute Gasteiger partial charge is 0.0245 e. The summed E-state index contributed by atoms with van der Waals surface area (Å²) < 4.78 is 0. The molecule has 1 rings (SSSR count). The summed E-state index contributed by atoms with van der Waals surface area (Å²) in [4.78, 5) is 0. The molecule has 22 heavy (non-hydrogen) atoms. The molecular weight excluding hydrogens is 284 g/mol. The second kappa shape index (κ2) is 15.0. The van der Waals surface area contributed by atoms with E-state index in [2.05, 4.69) is 42.7 Å². The Balaban J connectivity index is 1.81. The van der Waals surface area contributed by atoms with Gasteiger partial charge in [0.25, 0.3) is 0 Å². The Morgan fingerprint density at radius 3 is 2.09 bits per heavy atom. The molecule has 1 aromatic carbocycles. The zero-order valence-corrected chi connectivity index (χ0v) is 15.1. The first kappa shape index (κ1) is 19.2. The largest absolute Gasteiger partial charge is 0.162 e. The Morgan fingerprint density at radius 1 is 0.773 bits per heavy atom. The third kappa shape index (κ3) is 11.8. The lowest BCUT2D eigenvalue weighted by Crippen LogP contribution is -1.84. The molecule has 0 aliphatic heterocycles. The van der Waals surface area contributed by atoms with Gasteiger partial charge < -0.3 is 0 Å². The lowest BCUT2D eigenvalue weighted by Gasteiger charge is -2.01. The summed E-state index contributed by atoms with van der Waals surface area (Å²) in [5, 5.41) is 0. The molecule has 0 aliphatic rings. The molecule has 0 bridgehead atoms. The van der Waals surface area contributed by atoms with E-state index in [0.29, 0.717) is 0 Å². The third-order valence-corrected chi connectivity index (χ3v) is 4.97. The maximum atomic E-state index is 3.28. The van der Waals surface area contributed by atoms with Gasteiger partial charge in [-0.05, 0) is 42.9 Å². The number of unbranched alkanes of at least 4 members (excludes halogenated alkanes) is 8. The highest BCUT2D eigenvalue weighted by Crippen LogP contribution is 2.12. The van der Waals surface area contributed by atoms with Crippen LogP contribution in [0, 0.1) is 11.8 Å². The first-order chi connectivity index (χ1) is 10.9. The third-order valence-electron chi connectivity index (χ3n) is 3.70. The van der Waals surface area contributed by atoms with Crippen LogP contribution in [0.1, 0.15) is 76.7 Å². The first-order valence-corrected chi connectivity index (χ1v) is 10.2. The fourth-order valence-electron chi connectivity index (χ4n) is 2.41. The van der Waals surface area contributed by atoms with E-state index in [-0.39, 0.29) is 0 Å². The molecule has 0 aromatic heterocycles. The molecule has 0 amide bonds. The molecule has 0 aliphatic carbocycles. The van der Waals surface area contributed by atoms with Gasteiger partial charge in [-0.25, -0.2) is 0 Å². The van der Waals surface area contributed by atoms with Crippen LogP contribution < -0.4 is 0 Å². The highest BCUT2D eigenvalue weighted by atomic mass is 32.2. The number of benzene rings is 1. The standard InChI is InChI=1S/C21H32S/c1-2-19-22-20-15-10-8-6-4-3-5-7-9-12-16-21-17-13-11-14-18-21/h11,13-14,17-18H,2-10,15,19-20H2,1H3. The van der Waals surface area contributed by atoms with Gasteiger partial charge in [-0.15, -0.1) is 0 Å². The van der Waals surface area contributed by atoms with Crippen LogP contribution in [0.15, 0.2) is 30.3 Å². The van der Waals surface area contributed by atoms with Crippen LogP contribution in [0.4, 0.5) is 0 Å². The monoisotopic (exact) mass is 316 g/mol. The molecular formula is C21H32S. The van der Waals surface area contributed by atoms with Crippen molar-refractivity contribution in [3.63, 3.8) is 0 Å². The van der Waals surface area contributed by atoms with Gasteiger partial charge in [-0.2, -0.15) is 11.8 Å². The lowest BCUT2D eigenvalue weighted by atomic mass is 10.1. The van der Waals surface area contributed by atoms with Gasteiger partial charge in [0.05, 0.1) is 0 Å². The number of hydrogen-bond acceptors (Lipinski definition) is 1. The Hall–Kier alpha value is -0.870. The molecule has 0 unspecified atom stereocenters.